The maximum absolute atomic E-state index is 13.6. The average molecular weight is 409 g/mol. The lowest BCUT2D eigenvalue weighted by Crippen LogP contribution is -2.36. The van der Waals surface area contributed by atoms with E-state index in [1.807, 2.05) is 4.90 Å². The molecule has 0 unspecified atom stereocenters. The summed E-state index contributed by atoms with van der Waals surface area (Å²) in [5.74, 6) is 0.288. The van der Waals surface area contributed by atoms with Crippen LogP contribution in [0.1, 0.15) is 36.8 Å². The topological polar surface area (TPSA) is 45.2 Å². The van der Waals surface area contributed by atoms with Crippen LogP contribution in [0.3, 0.4) is 0 Å². The molecule has 0 aliphatic carbocycles. The van der Waals surface area contributed by atoms with Gasteiger partial charge in [0.1, 0.15) is 11.6 Å². The number of piperidine rings is 1. The first-order valence-electron chi connectivity index (χ1n) is 9.61. The van der Waals surface area contributed by atoms with Crippen molar-refractivity contribution in [1.29, 1.82) is 0 Å². The predicted octanol–water partition coefficient (Wildman–Crippen LogP) is 4.55. The molecule has 1 N–H and O–H groups in total. The van der Waals surface area contributed by atoms with Crippen molar-refractivity contribution in [3.63, 3.8) is 0 Å². The summed E-state index contributed by atoms with van der Waals surface area (Å²) in [5.41, 5.74) is -0.320. The number of carbonyl (C=O) groups excluding carboxylic acids is 1. The number of pyridine rings is 1. The van der Waals surface area contributed by atoms with Crippen LogP contribution in [0.25, 0.3) is 0 Å². The van der Waals surface area contributed by atoms with Crippen molar-refractivity contribution in [2.75, 3.05) is 18.0 Å². The molecule has 3 rings (SSSR count). The first-order valence-corrected chi connectivity index (χ1v) is 9.61. The molecule has 1 aliphatic rings. The second-order valence-corrected chi connectivity index (χ2v) is 7.26. The summed E-state index contributed by atoms with van der Waals surface area (Å²) in [6, 6.07) is 8.74. The molecule has 0 radical (unpaired) electrons. The van der Waals surface area contributed by atoms with Gasteiger partial charge in [-0.15, -0.1) is 0 Å². The zero-order valence-corrected chi connectivity index (χ0v) is 15.9. The van der Waals surface area contributed by atoms with Crippen LogP contribution in [0, 0.1) is 11.7 Å². The van der Waals surface area contributed by atoms with E-state index in [4.69, 9.17) is 0 Å². The molecule has 0 saturated carbocycles. The fourth-order valence-electron chi connectivity index (χ4n) is 3.51. The summed E-state index contributed by atoms with van der Waals surface area (Å²) in [4.78, 5) is 18.0. The summed E-state index contributed by atoms with van der Waals surface area (Å²) in [7, 11) is 0. The fraction of sp³-hybridized carbons (Fsp3) is 0.429. The molecule has 0 spiro atoms. The molecule has 1 aromatic heterocycles. The number of carbonyl (C=O) groups is 1. The van der Waals surface area contributed by atoms with Crippen LogP contribution in [0.2, 0.25) is 0 Å². The molecule has 1 amide bonds. The Morgan fingerprint density at radius 1 is 1.21 bits per heavy atom. The van der Waals surface area contributed by atoms with Crippen LogP contribution >= 0.6 is 0 Å². The number of aromatic nitrogens is 1. The predicted molar refractivity (Wildman–Crippen MR) is 102 cm³/mol. The van der Waals surface area contributed by atoms with Gasteiger partial charge in [0, 0.05) is 37.8 Å². The van der Waals surface area contributed by atoms with E-state index in [1.54, 1.807) is 18.2 Å². The van der Waals surface area contributed by atoms with Gasteiger partial charge in [0.05, 0.1) is 5.56 Å². The van der Waals surface area contributed by atoms with E-state index in [0.717, 1.165) is 31.6 Å². The Kier molecular flexibility index (Phi) is 6.71. The molecule has 2 aromatic rings. The number of rotatable bonds is 6. The maximum atomic E-state index is 13.6. The number of hydrogen-bond acceptors (Lipinski definition) is 3. The fourth-order valence-corrected chi connectivity index (χ4v) is 3.51. The summed E-state index contributed by atoms with van der Waals surface area (Å²) in [6.45, 7) is 1.53. The molecule has 156 valence electrons. The van der Waals surface area contributed by atoms with E-state index in [2.05, 4.69) is 10.3 Å². The minimum Gasteiger partial charge on any atom is -0.356 e. The number of halogens is 4. The molecule has 8 heteroatoms. The molecule has 1 atom stereocenters. The van der Waals surface area contributed by atoms with Crippen LogP contribution in [0.5, 0.6) is 0 Å². The quantitative estimate of drug-likeness (QED) is 0.712. The molecule has 4 nitrogen and oxygen atoms in total. The Morgan fingerprint density at radius 2 is 2.00 bits per heavy atom. The van der Waals surface area contributed by atoms with Crippen LogP contribution < -0.4 is 10.2 Å². The van der Waals surface area contributed by atoms with Gasteiger partial charge in [-0.3, -0.25) is 4.79 Å². The number of nitrogens with one attached hydrogen (secondary N) is 1. The number of amides is 1. The van der Waals surface area contributed by atoms with E-state index < -0.39 is 11.7 Å². The Labute approximate surface area is 166 Å². The first-order chi connectivity index (χ1) is 13.8. The zero-order chi connectivity index (χ0) is 20.9. The summed E-state index contributed by atoms with van der Waals surface area (Å²) < 4.78 is 51.6. The largest absolute Gasteiger partial charge is 0.417 e. The molecule has 29 heavy (non-hydrogen) atoms. The van der Waals surface area contributed by atoms with E-state index in [1.165, 1.54) is 12.1 Å². The normalized spacial score (nSPS) is 17.2. The number of anilines is 1. The van der Waals surface area contributed by atoms with Crippen LogP contribution in [-0.2, 0) is 17.5 Å². The minimum atomic E-state index is -4.40. The Hall–Kier alpha value is -2.64. The third-order valence-corrected chi connectivity index (χ3v) is 5.13. The van der Waals surface area contributed by atoms with Crippen molar-refractivity contribution in [2.45, 2.75) is 38.4 Å². The second kappa shape index (κ2) is 9.24. The lowest BCUT2D eigenvalue weighted by molar-refractivity contribution is -0.137. The SMILES string of the molecule is O=C(CC[C@H]1CCCN(c2ccc(C(F)(F)F)cn2)C1)NCc1ccccc1F. The highest BCUT2D eigenvalue weighted by atomic mass is 19.4. The summed E-state index contributed by atoms with van der Waals surface area (Å²) in [6.07, 6.45) is -0.698. The van der Waals surface area contributed by atoms with Gasteiger partial charge in [-0.1, -0.05) is 18.2 Å². The molecular formula is C21H23F4N3O. The molecule has 1 aromatic carbocycles. The molecule has 1 saturated heterocycles. The van der Waals surface area contributed by atoms with Crippen molar-refractivity contribution in [3.8, 4) is 0 Å². The Morgan fingerprint density at radius 3 is 2.69 bits per heavy atom. The van der Waals surface area contributed by atoms with Crippen molar-refractivity contribution >= 4 is 11.7 Å². The van der Waals surface area contributed by atoms with Gasteiger partial charge in [-0.05, 0) is 43.4 Å². The molecule has 1 aliphatic heterocycles. The van der Waals surface area contributed by atoms with Gasteiger partial charge < -0.3 is 10.2 Å². The lowest BCUT2D eigenvalue weighted by atomic mass is 9.93. The van der Waals surface area contributed by atoms with Crippen molar-refractivity contribution < 1.29 is 22.4 Å². The monoisotopic (exact) mass is 409 g/mol. The van der Waals surface area contributed by atoms with Gasteiger partial charge in [0.25, 0.3) is 0 Å². The lowest BCUT2D eigenvalue weighted by Gasteiger charge is -2.33. The molecule has 1 fully saturated rings. The Balaban J connectivity index is 1.47. The Bertz CT molecular complexity index is 823. The third-order valence-electron chi connectivity index (χ3n) is 5.13. The number of alkyl halides is 3. The summed E-state index contributed by atoms with van der Waals surface area (Å²) in [5, 5.41) is 2.73. The van der Waals surface area contributed by atoms with Crippen LogP contribution in [-0.4, -0.2) is 24.0 Å². The standard InChI is InChI=1S/C21H23F4N3O/c22-18-6-2-1-5-16(18)12-27-20(29)10-7-15-4-3-11-28(14-15)19-9-8-17(13-26-19)21(23,24)25/h1-2,5-6,8-9,13,15H,3-4,7,10-12,14H2,(H,27,29)/t15-/m1/s1. The van der Waals surface area contributed by atoms with Gasteiger partial charge in [0.15, 0.2) is 0 Å². The van der Waals surface area contributed by atoms with Gasteiger partial charge in [-0.2, -0.15) is 13.2 Å². The van der Waals surface area contributed by atoms with Crippen LogP contribution in [0.15, 0.2) is 42.6 Å². The highest BCUT2D eigenvalue weighted by Gasteiger charge is 2.31. The van der Waals surface area contributed by atoms with Crippen LogP contribution in [0.4, 0.5) is 23.4 Å². The van der Waals surface area contributed by atoms with Gasteiger partial charge >= 0.3 is 6.18 Å². The van der Waals surface area contributed by atoms with Gasteiger partial charge in [-0.25, -0.2) is 9.37 Å². The zero-order valence-electron chi connectivity index (χ0n) is 15.9. The summed E-state index contributed by atoms with van der Waals surface area (Å²) >= 11 is 0. The van der Waals surface area contributed by atoms with E-state index in [0.29, 0.717) is 30.8 Å². The van der Waals surface area contributed by atoms with Gasteiger partial charge in [0.2, 0.25) is 5.91 Å². The highest BCUT2D eigenvalue weighted by Crippen LogP contribution is 2.30. The minimum absolute atomic E-state index is 0.141. The highest BCUT2D eigenvalue weighted by molar-refractivity contribution is 5.75. The van der Waals surface area contributed by atoms with Crippen molar-refractivity contribution in [1.82, 2.24) is 10.3 Å². The van der Waals surface area contributed by atoms with Crippen molar-refractivity contribution in [2.24, 2.45) is 5.92 Å². The molecule has 0 bridgehead atoms. The number of benzene rings is 1. The smallest absolute Gasteiger partial charge is 0.356 e. The molecule has 2 heterocycles. The average Bonchev–Trinajstić information content (AvgIpc) is 2.71. The van der Waals surface area contributed by atoms with E-state index >= 15 is 0 Å². The maximum Gasteiger partial charge on any atom is 0.417 e. The number of hydrogen-bond donors (Lipinski definition) is 1. The molecular weight excluding hydrogens is 386 g/mol. The first kappa shape index (κ1) is 21.1. The van der Waals surface area contributed by atoms with E-state index in [9.17, 15) is 22.4 Å². The van der Waals surface area contributed by atoms with E-state index in [-0.39, 0.29) is 24.2 Å². The third kappa shape index (κ3) is 5.92. The second-order valence-electron chi connectivity index (χ2n) is 7.26. The van der Waals surface area contributed by atoms with Crippen molar-refractivity contribution in [3.05, 3.63) is 59.5 Å². The number of nitrogens with zero attached hydrogens (tertiary/aromatic N) is 2.